The summed E-state index contributed by atoms with van der Waals surface area (Å²) in [5, 5.41) is 9.34. The zero-order valence-electron chi connectivity index (χ0n) is 12.7. The number of nitrogens with zero attached hydrogens (tertiary/aromatic N) is 2. The van der Waals surface area contributed by atoms with Crippen molar-refractivity contribution in [1.29, 1.82) is 0 Å². The molecule has 0 saturated carbocycles. The van der Waals surface area contributed by atoms with Gasteiger partial charge in [0.2, 0.25) is 10.0 Å². The van der Waals surface area contributed by atoms with Crippen LogP contribution in [0.3, 0.4) is 0 Å². The molecule has 1 saturated heterocycles. The number of rotatable bonds is 7. The molecule has 0 aromatic carbocycles. The van der Waals surface area contributed by atoms with E-state index in [0.29, 0.717) is 25.4 Å². The minimum Gasteiger partial charge on any atom is -0.390 e. The van der Waals surface area contributed by atoms with Crippen molar-refractivity contribution in [3.63, 3.8) is 0 Å². The van der Waals surface area contributed by atoms with E-state index in [4.69, 9.17) is 4.74 Å². The average molecular weight is 316 g/mol. The van der Waals surface area contributed by atoms with Gasteiger partial charge in [0.1, 0.15) is 4.90 Å². The molecule has 0 radical (unpaired) electrons. The van der Waals surface area contributed by atoms with Crippen LogP contribution in [0.5, 0.6) is 0 Å². The summed E-state index contributed by atoms with van der Waals surface area (Å²) in [6.07, 6.45) is 4.36. The summed E-state index contributed by atoms with van der Waals surface area (Å²) in [6, 6.07) is 1.55. The van der Waals surface area contributed by atoms with E-state index in [1.165, 1.54) is 4.31 Å². The summed E-state index contributed by atoms with van der Waals surface area (Å²) < 4.78 is 33.8. The van der Waals surface area contributed by atoms with Gasteiger partial charge in [-0.2, -0.15) is 4.31 Å². The van der Waals surface area contributed by atoms with E-state index < -0.39 is 10.0 Å². The van der Waals surface area contributed by atoms with E-state index in [1.807, 2.05) is 6.92 Å². The third-order valence-electron chi connectivity index (χ3n) is 3.78. The number of likely N-dealkylation sites (N-methyl/N-ethyl adjacent to an activating group) is 1. The summed E-state index contributed by atoms with van der Waals surface area (Å²) in [5.74, 6) is 0. The van der Waals surface area contributed by atoms with Gasteiger partial charge in [-0.05, 0) is 25.3 Å². The fourth-order valence-electron chi connectivity index (χ4n) is 2.60. The van der Waals surface area contributed by atoms with Crippen LogP contribution >= 0.6 is 0 Å². The highest BCUT2D eigenvalue weighted by Gasteiger charge is 2.27. The topological polar surface area (TPSA) is 71.8 Å². The molecule has 1 unspecified atom stereocenters. The largest absolute Gasteiger partial charge is 0.390 e. The van der Waals surface area contributed by atoms with E-state index in [0.717, 1.165) is 19.3 Å². The lowest BCUT2D eigenvalue weighted by atomic mass is 10.2. The minimum atomic E-state index is -3.54. The Morgan fingerprint density at radius 2 is 2.29 bits per heavy atom. The number of aliphatic hydroxyl groups excluding tert-OH is 1. The summed E-state index contributed by atoms with van der Waals surface area (Å²) in [7, 11) is -1.96. The lowest BCUT2D eigenvalue weighted by Crippen LogP contribution is -2.33. The van der Waals surface area contributed by atoms with Crippen LogP contribution in [0.25, 0.3) is 0 Å². The number of aliphatic hydroxyl groups is 1. The number of aryl methyl sites for hydroxylation is 1. The van der Waals surface area contributed by atoms with E-state index in [1.54, 1.807) is 23.9 Å². The predicted octanol–water partition coefficient (Wildman–Crippen LogP) is 1.19. The van der Waals surface area contributed by atoms with Crippen molar-refractivity contribution in [2.24, 2.45) is 0 Å². The summed E-state index contributed by atoms with van der Waals surface area (Å²) in [6.45, 7) is 3.63. The van der Waals surface area contributed by atoms with E-state index in [9.17, 15) is 13.5 Å². The number of hydrogen-bond acceptors (Lipinski definition) is 4. The molecule has 1 aromatic rings. The maximum atomic E-state index is 12.6. The first-order chi connectivity index (χ1) is 9.98. The van der Waals surface area contributed by atoms with Crippen molar-refractivity contribution in [3.05, 3.63) is 18.0 Å². The first-order valence-electron chi connectivity index (χ1n) is 7.37. The third-order valence-corrected chi connectivity index (χ3v) is 5.57. The van der Waals surface area contributed by atoms with Gasteiger partial charge in [0, 0.05) is 38.6 Å². The normalized spacial score (nSPS) is 19.5. The van der Waals surface area contributed by atoms with Crippen LogP contribution in [0.2, 0.25) is 0 Å². The lowest BCUT2D eigenvalue weighted by Gasteiger charge is -2.19. The van der Waals surface area contributed by atoms with Gasteiger partial charge in [-0.15, -0.1) is 0 Å². The molecule has 7 heteroatoms. The highest BCUT2D eigenvalue weighted by molar-refractivity contribution is 7.89. The first-order valence-corrected chi connectivity index (χ1v) is 8.81. The van der Waals surface area contributed by atoms with Crippen LogP contribution in [0, 0.1) is 0 Å². The molecule has 0 amide bonds. The SMILES string of the molecule is CCCn1cc(S(=O)(=O)N(C)CC2CCCO2)cc1CO. The molecule has 6 nitrogen and oxygen atoms in total. The molecule has 120 valence electrons. The van der Waals surface area contributed by atoms with Gasteiger partial charge in [0.15, 0.2) is 0 Å². The second kappa shape index (κ2) is 6.91. The number of aromatic nitrogens is 1. The number of hydrogen-bond donors (Lipinski definition) is 1. The highest BCUT2D eigenvalue weighted by Crippen LogP contribution is 2.21. The molecular formula is C14H24N2O4S. The Bertz CT molecular complexity index is 562. The molecular weight excluding hydrogens is 292 g/mol. The van der Waals surface area contributed by atoms with Gasteiger partial charge in [0.25, 0.3) is 0 Å². The standard InChI is InChI=1S/C14H24N2O4S/c1-3-6-16-10-14(8-12(16)11-17)21(18,19)15(2)9-13-5-4-7-20-13/h8,10,13,17H,3-7,9,11H2,1-2H3. The monoisotopic (exact) mass is 316 g/mol. The van der Waals surface area contributed by atoms with Crippen LogP contribution in [0.4, 0.5) is 0 Å². The Labute approximate surface area is 126 Å². The maximum absolute atomic E-state index is 12.6. The summed E-state index contributed by atoms with van der Waals surface area (Å²) >= 11 is 0. The predicted molar refractivity (Wildman–Crippen MR) is 79.4 cm³/mol. The maximum Gasteiger partial charge on any atom is 0.244 e. The molecule has 2 heterocycles. The molecule has 1 aliphatic rings. The molecule has 1 N–H and O–H groups in total. The molecule has 0 aliphatic carbocycles. The molecule has 1 atom stereocenters. The Morgan fingerprint density at radius 1 is 1.52 bits per heavy atom. The van der Waals surface area contributed by atoms with Crippen LogP contribution in [0.1, 0.15) is 31.9 Å². The Hall–Kier alpha value is -0.890. The van der Waals surface area contributed by atoms with Gasteiger partial charge in [-0.3, -0.25) is 0 Å². The first kappa shape index (κ1) is 16.5. The number of ether oxygens (including phenoxy) is 1. The lowest BCUT2D eigenvalue weighted by molar-refractivity contribution is 0.0979. The molecule has 1 fully saturated rings. The molecule has 1 aromatic heterocycles. The third kappa shape index (κ3) is 3.66. The molecule has 0 spiro atoms. The zero-order valence-corrected chi connectivity index (χ0v) is 13.5. The van der Waals surface area contributed by atoms with Gasteiger partial charge < -0.3 is 14.4 Å². The Balaban J connectivity index is 2.17. The number of sulfonamides is 1. The smallest absolute Gasteiger partial charge is 0.244 e. The molecule has 1 aliphatic heterocycles. The fraction of sp³-hybridized carbons (Fsp3) is 0.714. The van der Waals surface area contributed by atoms with Crippen molar-refractivity contribution >= 4 is 10.0 Å². The van der Waals surface area contributed by atoms with E-state index in [2.05, 4.69) is 0 Å². The second-order valence-corrected chi connectivity index (χ2v) is 7.48. The van der Waals surface area contributed by atoms with E-state index >= 15 is 0 Å². The second-order valence-electron chi connectivity index (χ2n) is 5.44. The van der Waals surface area contributed by atoms with Gasteiger partial charge in [0.05, 0.1) is 12.7 Å². The highest BCUT2D eigenvalue weighted by atomic mass is 32.2. The van der Waals surface area contributed by atoms with Crippen LogP contribution < -0.4 is 0 Å². The average Bonchev–Trinajstić information content (AvgIpc) is 3.08. The van der Waals surface area contributed by atoms with Crippen LogP contribution in [0.15, 0.2) is 17.2 Å². The van der Waals surface area contributed by atoms with Crippen molar-refractivity contribution in [2.45, 2.75) is 50.3 Å². The van der Waals surface area contributed by atoms with Crippen molar-refractivity contribution < 1.29 is 18.3 Å². The fourth-order valence-corrected chi connectivity index (χ4v) is 3.87. The summed E-state index contributed by atoms with van der Waals surface area (Å²) in [5.41, 5.74) is 0.626. The molecule has 0 bridgehead atoms. The van der Waals surface area contributed by atoms with Gasteiger partial charge in [-0.25, -0.2) is 8.42 Å². The van der Waals surface area contributed by atoms with Crippen molar-refractivity contribution in [2.75, 3.05) is 20.2 Å². The van der Waals surface area contributed by atoms with Crippen molar-refractivity contribution in [1.82, 2.24) is 8.87 Å². The van der Waals surface area contributed by atoms with Crippen LogP contribution in [-0.4, -0.2) is 48.7 Å². The Kier molecular flexibility index (Phi) is 5.43. The van der Waals surface area contributed by atoms with Crippen LogP contribution in [-0.2, 0) is 27.9 Å². The van der Waals surface area contributed by atoms with E-state index in [-0.39, 0.29) is 17.6 Å². The quantitative estimate of drug-likeness (QED) is 0.820. The summed E-state index contributed by atoms with van der Waals surface area (Å²) in [4.78, 5) is 0.237. The van der Waals surface area contributed by atoms with Crippen molar-refractivity contribution in [3.8, 4) is 0 Å². The van der Waals surface area contributed by atoms with Gasteiger partial charge >= 0.3 is 0 Å². The Morgan fingerprint density at radius 3 is 2.86 bits per heavy atom. The van der Waals surface area contributed by atoms with Gasteiger partial charge in [-0.1, -0.05) is 6.92 Å². The minimum absolute atomic E-state index is 0.0141. The molecule has 2 rings (SSSR count). The molecule has 21 heavy (non-hydrogen) atoms. The zero-order chi connectivity index (χ0) is 15.5.